The molecule has 1 saturated heterocycles. The smallest absolute Gasteiger partial charge is 0.317 e. The predicted molar refractivity (Wildman–Crippen MR) is 82.8 cm³/mol. The number of hydrogen-bond donors (Lipinski definition) is 2. The van der Waals surface area contributed by atoms with Gasteiger partial charge in [0.2, 0.25) is 5.91 Å². The van der Waals surface area contributed by atoms with Crippen molar-refractivity contribution in [2.45, 2.75) is 44.4 Å². The highest BCUT2D eigenvalue weighted by Crippen LogP contribution is 2.18. The maximum Gasteiger partial charge on any atom is 0.317 e. The van der Waals surface area contributed by atoms with Crippen molar-refractivity contribution in [3.05, 3.63) is 6.33 Å². The third kappa shape index (κ3) is 4.19. The van der Waals surface area contributed by atoms with E-state index in [1.807, 2.05) is 0 Å². The van der Waals surface area contributed by atoms with Gasteiger partial charge in [0.05, 0.1) is 6.10 Å². The quantitative estimate of drug-likeness (QED) is 0.718. The third-order valence-electron chi connectivity index (χ3n) is 4.63. The Balaban J connectivity index is 1.41. The summed E-state index contributed by atoms with van der Waals surface area (Å²) < 4.78 is 1.39. The molecule has 3 rings (SSSR count). The summed E-state index contributed by atoms with van der Waals surface area (Å²) in [5.41, 5.74) is 0. The van der Waals surface area contributed by atoms with E-state index in [9.17, 15) is 14.7 Å². The van der Waals surface area contributed by atoms with Crippen molar-refractivity contribution in [2.75, 3.05) is 26.2 Å². The summed E-state index contributed by atoms with van der Waals surface area (Å²) >= 11 is 0. The maximum atomic E-state index is 12.3. The second-order valence-corrected chi connectivity index (χ2v) is 6.33. The number of carbonyl (C=O) groups excluding carboxylic acids is 2. The Kier molecular flexibility index (Phi) is 5.24. The van der Waals surface area contributed by atoms with E-state index >= 15 is 0 Å². The number of amides is 3. The average molecular weight is 337 g/mol. The number of piperazine rings is 1. The Morgan fingerprint density at radius 2 is 1.75 bits per heavy atom. The van der Waals surface area contributed by atoms with Crippen molar-refractivity contribution in [3.8, 4) is 0 Å². The molecule has 1 aliphatic heterocycles. The van der Waals surface area contributed by atoms with E-state index in [1.165, 1.54) is 11.0 Å². The number of tetrazole rings is 1. The molecule has 0 bridgehead atoms. The van der Waals surface area contributed by atoms with Crippen molar-refractivity contribution in [2.24, 2.45) is 0 Å². The minimum atomic E-state index is -0.229. The first kappa shape index (κ1) is 16.6. The first-order valence-corrected chi connectivity index (χ1v) is 8.34. The highest BCUT2D eigenvalue weighted by atomic mass is 16.3. The molecule has 0 unspecified atom stereocenters. The van der Waals surface area contributed by atoms with Crippen molar-refractivity contribution < 1.29 is 14.7 Å². The van der Waals surface area contributed by atoms with Crippen molar-refractivity contribution in [1.82, 2.24) is 35.3 Å². The largest absolute Gasteiger partial charge is 0.393 e. The fourth-order valence-corrected chi connectivity index (χ4v) is 3.14. The first-order valence-electron chi connectivity index (χ1n) is 8.34. The minimum absolute atomic E-state index is 0.0522. The van der Waals surface area contributed by atoms with Gasteiger partial charge in [-0.05, 0) is 36.1 Å². The van der Waals surface area contributed by atoms with Crippen molar-refractivity contribution in [3.63, 3.8) is 0 Å². The van der Waals surface area contributed by atoms with Crippen LogP contribution in [0.2, 0.25) is 0 Å². The monoisotopic (exact) mass is 337 g/mol. The molecule has 0 atom stereocenters. The molecule has 10 heteroatoms. The Hall–Kier alpha value is -2.23. The van der Waals surface area contributed by atoms with Crippen LogP contribution in [0, 0.1) is 0 Å². The lowest BCUT2D eigenvalue weighted by molar-refractivity contribution is -0.133. The van der Waals surface area contributed by atoms with Crippen LogP contribution in [0.25, 0.3) is 0 Å². The van der Waals surface area contributed by atoms with Gasteiger partial charge in [0.1, 0.15) is 12.9 Å². The van der Waals surface area contributed by atoms with Gasteiger partial charge in [0.25, 0.3) is 0 Å². The van der Waals surface area contributed by atoms with Gasteiger partial charge in [-0.2, -0.15) is 0 Å². The maximum absolute atomic E-state index is 12.3. The zero-order valence-corrected chi connectivity index (χ0v) is 13.5. The van der Waals surface area contributed by atoms with Crippen LogP contribution in [0.3, 0.4) is 0 Å². The molecular weight excluding hydrogens is 314 g/mol. The molecular formula is C14H23N7O3. The summed E-state index contributed by atoms with van der Waals surface area (Å²) in [6.45, 7) is 2.17. The predicted octanol–water partition coefficient (Wildman–Crippen LogP) is -1.17. The van der Waals surface area contributed by atoms with Gasteiger partial charge in [-0.15, -0.1) is 5.10 Å². The zero-order valence-electron chi connectivity index (χ0n) is 13.5. The molecule has 2 aliphatic rings. The first-order chi connectivity index (χ1) is 11.6. The van der Waals surface area contributed by atoms with Crippen LogP contribution in [0.1, 0.15) is 25.7 Å². The number of nitrogens with zero attached hydrogens (tertiary/aromatic N) is 6. The highest BCUT2D eigenvalue weighted by molar-refractivity contribution is 5.77. The SMILES string of the molecule is O=C(Cn1cnnn1)N1CCN(C(=O)NC2CCC(O)CC2)CC1. The van der Waals surface area contributed by atoms with Crippen LogP contribution in [0.5, 0.6) is 0 Å². The molecule has 3 amide bonds. The van der Waals surface area contributed by atoms with E-state index < -0.39 is 0 Å². The number of nitrogens with one attached hydrogen (secondary N) is 1. The number of urea groups is 1. The summed E-state index contributed by atoms with van der Waals surface area (Å²) in [6.07, 6.45) is 4.29. The summed E-state index contributed by atoms with van der Waals surface area (Å²) in [5, 5.41) is 23.2. The lowest BCUT2D eigenvalue weighted by Gasteiger charge is -2.36. The Labute approximate surface area is 139 Å². The molecule has 2 N–H and O–H groups in total. The summed E-state index contributed by atoms with van der Waals surface area (Å²) in [4.78, 5) is 27.9. The lowest BCUT2D eigenvalue weighted by Crippen LogP contribution is -2.55. The molecule has 132 valence electrons. The van der Waals surface area contributed by atoms with E-state index in [0.29, 0.717) is 26.2 Å². The van der Waals surface area contributed by atoms with E-state index in [2.05, 4.69) is 20.8 Å². The van der Waals surface area contributed by atoms with Crippen molar-refractivity contribution in [1.29, 1.82) is 0 Å². The Bertz CT molecular complexity index is 549. The molecule has 24 heavy (non-hydrogen) atoms. The molecule has 1 aliphatic carbocycles. The molecule has 0 aromatic carbocycles. The number of aromatic nitrogens is 4. The molecule has 10 nitrogen and oxygen atoms in total. The van der Waals surface area contributed by atoms with Crippen LogP contribution in [-0.2, 0) is 11.3 Å². The Morgan fingerprint density at radius 1 is 1.08 bits per heavy atom. The van der Waals surface area contributed by atoms with Gasteiger partial charge >= 0.3 is 6.03 Å². The second-order valence-electron chi connectivity index (χ2n) is 6.33. The molecule has 1 aromatic rings. The summed E-state index contributed by atoms with van der Waals surface area (Å²) in [7, 11) is 0. The average Bonchev–Trinajstić information content (AvgIpc) is 3.10. The normalized spacial score (nSPS) is 24.7. The zero-order chi connectivity index (χ0) is 16.9. The molecule has 2 fully saturated rings. The van der Waals surface area contributed by atoms with Crippen LogP contribution in [-0.4, -0.2) is 85.4 Å². The molecule has 2 heterocycles. The number of carbonyl (C=O) groups is 2. The van der Waals surface area contributed by atoms with Gasteiger partial charge in [-0.3, -0.25) is 4.79 Å². The molecule has 0 spiro atoms. The number of aliphatic hydroxyl groups excluding tert-OH is 1. The van der Waals surface area contributed by atoms with Crippen molar-refractivity contribution >= 4 is 11.9 Å². The molecule has 1 aromatic heterocycles. The number of aliphatic hydroxyl groups is 1. The van der Waals surface area contributed by atoms with Crippen LogP contribution in [0.15, 0.2) is 6.33 Å². The van der Waals surface area contributed by atoms with Crippen LogP contribution in [0.4, 0.5) is 4.79 Å². The Morgan fingerprint density at radius 3 is 2.38 bits per heavy atom. The number of rotatable bonds is 3. The topological polar surface area (TPSA) is 116 Å². The summed E-state index contributed by atoms with van der Waals surface area (Å²) in [6, 6.07) is 0.0596. The van der Waals surface area contributed by atoms with Gasteiger partial charge in [-0.1, -0.05) is 0 Å². The molecule has 0 radical (unpaired) electrons. The number of hydrogen-bond acceptors (Lipinski definition) is 6. The van der Waals surface area contributed by atoms with E-state index in [-0.39, 0.29) is 30.6 Å². The standard InChI is InChI=1S/C14H23N7O3/c22-12-3-1-11(2-4-12)16-14(24)20-7-5-19(6-8-20)13(23)9-21-10-15-17-18-21/h10-12,22H,1-9H2,(H,16,24). The third-order valence-corrected chi connectivity index (χ3v) is 4.63. The van der Waals surface area contributed by atoms with Gasteiger partial charge in [-0.25, -0.2) is 9.48 Å². The van der Waals surface area contributed by atoms with Crippen LogP contribution >= 0.6 is 0 Å². The van der Waals surface area contributed by atoms with E-state index in [1.54, 1.807) is 9.80 Å². The van der Waals surface area contributed by atoms with Gasteiger partial charge in [0, 0.05) is 32.2 Å². The van der Waals surface area contributed by atoms with Gasteiger partial charge in [0.15, 0.2) is 0 Å². The van der Waals surface area contributed by atoms with E-state index in [4.69, 9.17) is 0 Å². The second kappa shape index (κ2) is 7.56. The summed E-state index contributed by atoms with van der Waals surface area (Å²) in [5.74, 6) is -0.0522. The van der Waals surface area contributed by atoms with Gasteiger partial charge < -0.3 is 20.2 Å². The fraction of sp³-hybridized carbons (Fsp3) is 0.786. The van der Waals surface area contributed by atoms with E-state index in [0.717, 1.165) is 25.7 Å². The fourth-order valence-electron chi connectivity index (χ4n) is 3.14. The minimum Gasteiger partial charge on any atom is -0.393 e. The lowest BCUT2D eigenvalue weighted by atomic mass is 9.93. The molecule has 1 saturated carbocycles. The highest BCUT2D eigenvalue weighted by Gasteiger charge is 2.27. The van der Waals surface area contributed by atoms with Crippen LogP contribution < -0.4 is 5.32 Å².